The standard InChI is InChI=1S/C33H31NO8/c35-32(27-16-18-28(19-17-27)34(36)37)42-33-31(40-22-26-14-8-3-9-15-26)30(39-21-25-12-6-2-7-13-25)29(41-33)23-38-20-24-10-4-1-5-11-24/h1-19,29-31,33H,20-23H2/t29-,30-,31-,33-/m0/s1. The smallest absolute Gasteiger partial charge is 0.340 e. The molecule has 1 heterocycles. The monoisotopic (exact) mass is 569 g/mol. The molecule has 0 radical (unpaired) electrons. The van der Waals surface area contributed by atoms with Crippen molar-refractivity contribution in [3.63, 3.8) is 0 Å². The van der Waals surface area contributed by atoms with E-state index >= 15 is 0 Å². The van der Waals surface area contributed by atoms with Gasteiger partial charge in [0.05, 0.1) is 36.9 Å². The lowest BCUT2D eigenvalue weighted by atomic mass is 10.1. The summed E-state index contributed by atoms with van der Waals surface area (Å²) in [5, 5.41) is 11.0. The summed E-state index contributed by atoms with van der Waals surface area (Å²) in [5.41, 5.74) is 2.93. The van der Waals surface area contributed by atoms with Gasteiger partial charge >= 0.3 is 5.97 Å². The van der Waals surface area contributed by atoms with Crippen LogP contribution in [0, 0.1) is 10.1 Å². The van der Waals surface area contributed by atoms with Gasteiger partial charge in [-0.3, -0.25) is 10.1 Å². The summed E-state index contributed by atoms with van der Waals surface area (Å²) in [6.07, 6.45) is -3.11. The summed E-state index contributed by atoms with van der Waals surface area (Å²) in [6.45, 7) is 1.07. The molecular weight excluding hydrogens is 538 g/mol. The molecule has 0 N–H and O–H groups in total. The Morgan fingerprint density at radius 2 is 1.19 bits per heavy atom. The molecule has 5 rings (SSSR count). The number of carbonyl (C=O) groups is 1. The van der Waals surface area contributed by atoms with Crippen molar-refractivity contribution in [3.05, 3.63) is 148 Å². The van der Waals surface area contributed by atoms with Crippen LogP contribution >= 0.6 is 0 Å². The van der Waals surface area contributed by atoms with Crippen LogP contribution in [0.25, 0.3) is 0 Å². The molecule has 0 aliphatic carbocycles. The number of non-ortho nitro benzene ring substituents is 1. The predicted molar refractivity (Wildman–Crippen MR) is 153 cm³/mol. The molecule has 9 heteroatoms. The van der Waals surface area contributed by atoms with Gasteiger partial charge in [0, 0.05) is 12.1 Å². The van der Waals surface area contributed by atoms with Gasteiger partial charge in [0.2, 0.25) is 6.29 Å². The lowest BCUT2D eigenvalue weighted by molar-refractivity contribution is -0.384. The SMILES string of the molecule is O=C(O[C@@H]1O[C@@H](COCc2ccccc2)[C@H](OCc2ccccc2)[C@@H]1OCc1ccccc1)c1ccc([N+](=O)[O-])cc1. The van der Waals surface area contributed by atoms with Crippen molar-refractivity contribution in [3.8, 4) is 0 Å². The minimum Gasteiger partial charge on any atom is -0.429 e. The number of rotatable bonds is 13. The maximum atomic E-state index is 13.1. The van der Waals surface area contributed by atoms with Crippen molar-refractivity contribution in [1.29, 1.82) is 0 Å². The fraction of sp³-hybridized carbons (Fsp3) is 0.242. The molecule has 4 aromatic carbocycles. The Bertz CT molecular complexity index is 1420. The number of benzene rings is 4. The molecule has 216 valence electrons. The third kappa shape index (κ3) is 7.86. The van der Waals surface area contributed by atoms with Crippen molar-refractivity contribution in [1.82, 2.24) is 0 Å². The van der Waals surface area contributed by atoms with Crippen LogP contribution in [0.15, 0.2) is 115 Å². The third-order valence-electron chi connectivity index (χ3n) is 6.77. The third-order valence-corrected chi connectivity index (χ3v) is 6.77. The predicted octanol–water partition coefficient (Wildman–Crippen LogP) is 5.86. The van der Waals surface area contributed by atoms with Crippen molar-refractivity contribution in [2.24, 2.45) is 0 Å². The van der Waals surface area contributed by atoms with Crippen molar-refractivity contribution in [2.75, 3.05) is 6.61 Å². The molecule has 42 heavy (non-hydrogen) atoms. The van der Waals surface area contributed by atoms with Crippen molar-refractivity contribution < 1.29 is 33.4 Å². The lowest BCUT2D eigenvalue weighted by Gasteiger charge is -2.25. The molecule has 0 spiro atoms. The number of hydrogen-bond acceptors (Lipinski definition) is 8. The molecule has 0 bridgehead atoms. The average Bonchev–Trinajstić information content (AvgIpc) is 3.35. The summed E-state index contributed by atoms with van der Waals surface area (Å²) in [5.74, 6) is -0.698. The largest absolute Gasteiger partial charge is 0.429 e. The van der Waals surface area contributed by atoms with E-state index in [1.165, 1.54) is 24.3 Å². The molecule has 0 aromatic heterocycles. The van der Waals surface area contributed by atoms with Gasteiger partial charge in [-0.2, -0.15) is 0 Å². The van der Waals surface area contributed by atoms with E-state index < -0.39 is 35.5 Å². The van der Waals surface area contributed by atoms with E-state index in [-0.39, 0.29) is 31.1 Å². The van der Waals surface area contributed by atoms with Crippen molar-refractivity contribution in [2.45, 2.75) is 44.4 Å². The zero-order valence-electron chi connectivity index (χ0n) is 22.8. The highest BCUT2D eigenvalue weighted by Crippen LogP contribution is 2.31. The van der Waals surface area contributed by atoms with Gasteiger partial charge in [0.15, 0.2) is 0 Å². The van der Waals surface area contributed by atoms with Crippen LogP contribution in [0.5, 0.6) is 0 Å². The molecular formula is C33H31NO8. The average molecular weight is 570 g/mol. The van der Waals surface area contributed by atoms with Crippen molar-refractivity contribution >= 4 is 11.7 Å². The number of hydrogen-bond donors (Lipinski definition) is 0. The summed E-state index contributed by atoms with van der Waals surface area (Å²) >= 11 is 0. The van der Waals surface area contributed by atoms with Crippen LogP contribution in [-0.4, -0.2) is 42.1 Å². The fourth-order valence-electron chi connectivity index (χ4n) is 4.59. The maximum Gasteiger partial charge on any atom is 0.340 e. The quantitative estimate of drug-likeness (QED) is 0.112. The zero-order valence-corrected chi connectivity index (χ0v) is 22.8. The highest BCUT2D eigenvalue weighted by atomic mass is 16.7. The Kier molecular flexibility index (Phi) is 10.0. The number of ether oxygens (including phenoxy) is 5. The second-order valence-electron chi connectivity index (χ2n) is 9.78. The first-order valence-electron chi connectivity index (χ1n) is 13.6. The van der Waals surface area contributed by atoms with E-state index in [9.17, 15) is 14.9 Å². The molecule has 0 saturated carbocycles. The highest BCUT2D eigenvalue weighted by molar-refractivity contribution is 5.89. The first-order chi connectivity index (χ1) is 20.6. The van der Waals surface area contributed by atoms with Crippen LogP contribution in [0.4, 0.5) is 5.69 Å². The molecule has 9 nitrogen and oxygen atoms in total. The Hall–Kier alpha value is -4.41. The number of esters is 1. The molecule has 1 aliphatic heterocycles. The minimum atomic E-state index is -1.11. The normalized spacial score (nSPS) is 19.8. The Labute approximate surface area is 243 Å². The van der Waals surface area contributed by atoms with Crippen LogP contribution in [0.1, 0.15) is 27.0 Å². The van der Waals surface area contributed by atoms with Gasteiger partial charge in [-0.25, -0.2) is 4.79 Å². The molecule has 4 aromatic rings. The summed E-state index contributed by atoms with van der Waals surface area (Å²) in [4.78, 5) is 23.6. The van der Waals surface area contributed by atoms with Crippen LogP contribution in [0.2, 0.25) is 0 Å². The van der Waals surface area contributed by atoms with Crippen LogP contribution in [0.3, 0.4) is 0 Å². The lowest BCUT2D eigenvalue weighted by Crippen LogP contribution is -2.40. The summed E-state index contributed by atoms with van der Waals surface area (Å²) in [7, 11) is 0. The summed E-state index contributed by atoms with van der Waals surface area (Å²) in [6, 6.07) is 34.3. The second-order valence-corrected chi connectivity index (χ2v) is 9.78. The Morgan fingerprint density at radius 1 is 0.690 bits per heavy atom. The Balaban J connectivity index is 1.35. The van der Waals surface area contributed by atoms with E-state index in [1.807, 2.05) is 91.0 Å². The van der Waals surface area contributed by atoms with Crippen LogP contribution < -0.4 is 0 Å². The summed E-state index contributed by atoms with van der Waals surface area (Å²) < 4.78 is 30.7. The highest BCUT2D eigenvalue weighted by Gasteiger charge is 2.48. The molecule has 1 fully saturated rings. The number of nitrogens with zero attached hydrogens (tertiary/aromatic N) is 1. The van der Waals surface area contributed by atoms with Crippen LogP contribution in [-0.2, 0) is 43.5 Å². The van der Waals surface area contributed by atoms with Gasteiger partial charge in [-0.1, -0.05) is 91.0 Å². The van der Waals surface area contributed by atoms with E-state index in [0.29, 0.717) is 6.61 Å². The topological polar surface area (TPSA) is 106 Å². The molecule has 0 unspecified atom stereocenters. The molecule has 1 aliphatic rings. The molecule has 4 atom stereocenters. The number of nitro benzene ring substituents is 1. The van der Waals surface area contributed by atoms with E-state index in [4.69, 9.17) is 23.7 Å². The zero-order chi connectivity index (χ0) is 29.1. The first kappa shape index (κ1) is 29.1. The maximum absolute atomic E-state index is 13.1. The van der Waals surface area contributed by atoms with Gasteiger partial charge in [0.1, 0.15) is 18.3 Å². The first-order valence-corrected chi connectivity index (χ1v) is 13.6. The number of nitro groups is 1. The number of carbonyl (C=O) groups excluding carboxylic acids is 1. The van der Waals surface area contributed by atoms with Gasteiger partial charge in [0.25, 0.3) is 5.69 Å². The van der Waals surface area contributed by atoms with E-state index in [1.54, 1.807) is 0 Å². The minimum absolute atomic E-state index is 0.127. The fourth-order valence-corrected chi connectivity index (χ4v) is 4.59. The molecule has 0 amide bonds. The van der Waals surface area contributed by atoms with Gasteiger partial charge in [-0.05, 0) is 28.8 Å². The van der Waals surface area contributed by atoms with E-state index in [2.05, 4.69) is 0 Å². The van der Waals surface area contributed by atoms with Gasteiger partial charge < -0.3 is 23.7 Å². The Morgan fingerprint density at radius 3 is 1.71 bits per heavy atom. The molecule has 1 saturated heterocycles. The second kappa shape index (κ2) is 14.5. The van der Waals surface area contributed by atoms with Gasteiger partial charge in [-0.15, -0.1) is 0 Å². The van der Waals surface area contributed by atoms with E-state index in [0.717, 1.165) is 16.7 Å².